The Morgan fingerprint density at radius 2 is 1.10 bits per heavy atom. The molecule has 0 aliphatic carbocycles. The van der Waals surface area contributed by atoms with Gasteiger partial charge in [0.2, 0.25) is 5.95 Å². The fourth-order valence-corrected chi connectivity index (χ4v) is 7.05. The molecule has 0 aliphatic heterocycles. The standard InChI is InChI=1S/C43H26N4O/c1-3-12-27(13-4-1)31-18-11-20-37-39(31)35-17-7-9-19-36(35)47(37)43-45-41(28-14-5-2-6-15-28)44-42(46-43)30-23-24-32-29(26-30)22-25-34-33-16-8-10-21-38(33)48-40(32)34/h1-26H. The van der Waals surface area contributed by atoms with E-state index in [9.17, 15) is 0 Å². The van der Waals surface area contributed by atoms with Crippen molar-refractivity contribution < 1.29 is 4.42 Å². The Morgan fingerprint density at radius 1 is 0.438 bits per heavy atom. The first-order chi connectivity index (χ1) is 23.8. The van der Waals surface area contributed by atoms with Gasteiger partial charge in [-0.05, 0) is 52.9 Å². The van der Waals surface area contributed by atoms with E-state index >= 15 is 0 Å². The van der Waals surface area contributed by atoms with Gasteiger partial charge in [-0.1, -0.05) is 121 Å². The summed E-state index contributed by atoms with van der Waals surface area (Å²) in [5.41, 5.74) is 8.04. The Hall–Kier alpha value is -6.59. The molecule has 10 rings (SSSR count). The quantitative estimate of drug-likeness (QED) is 0.198. The molecule has 10 aromatic rings. The minimum absolute atomic E-state index is 0.572. The van der Waals surface area contributed by atoms with Crippen molar-refractivity contribution in [2.24, 2.45) is 0 Å². The van der Waals surface area contributed by atoms with Crippen LogP contribution in [0.1, 0.15) is 0 Å². The Kier molecular flexibility index (Phi) is 5.81. The van der Waals surface area contributed by atoms with E-state index in [1.165, 1.54) is 16.5 Å². The first kappa shape index (κ1) is 26.6. The number of rotatable bonds is 4. The first-order valence-corrected chi connectivity index (χ1v) is 16.0. The summed E-state index contributed by atoms with van der Waals surface area (Å²) < 4.78 is 8.51. The second-order valence-corrected chi connectivity index (χ2v) is 12.0. The maximum atomic E-state index is 6.34. The van der Waals surface area contributed by atoms with E-state index in [1.807, 2.05) is 48.5 Å². The maximum Gasteiger partial charge on any atom is 0.238 e. The number of benzene rings is 7. The first-order valence-electron chi connectivity index (χ1n) is 16.0. The molecule has 0 N–H and O–H groups in total. The van der Waals surface area contributed by atoms with E-state index in [2.05, 4.69) is 114 Å². The molecule has 0 saturated carbocycles. The summed E-state index contributed by atoms with van der Waals surface area (Å²) in [4.78, 5) is 15.4. The number of fused-ring (bicyclic) bond motifs is 8. The van der Waals surface area contributed by atoms with Crippen molar-refractivity contribution in [3.05, 3.63) is 158 Å². The fourth-order valence-electron chi connectivity index (χ4n) is 7.05. The van der Waals surface area contributed by atoms with Crippen LogP contribution in [0.15, 0.2) is 162 Å². The molecule has 7 aromatic carbocycles. The Morgan fingerprint density at radius 3 is 1.94 bits per heavy atom. The van der Waals surface area contributed by atoms with Crippen molar-refractivity contribution in [1.82, 2.24) is 19.5 Å². The second-order valence-electron chi connectivity index (χ2n) is 12.0. The van der Waals surface area contributed by atoms with Gasteiger partial charge < -0.3 is 4.42 Å². The number of aromatic nitrogens is 4. The van der Waals surface area contributed by atoms with Gasteiger partial charge in [0.15, 0.2) is 11.6 Å². The van der Waals surface area contributed by atoms with Gasteiger partial charge in [-0.15, -0.1) is 0 Å². The summed E-state index contributed by atoms with van der Waals surface area (Å²) in [6.07, 6.45) is 0. The highest BCUT2D eigenvalue weighted by molar-refractivity contribution is 6.16. The minimum Gasteiger partial charge on any atom is -0.455 e. The molecule has 0 spiro atoms. The summed E-state index contributed by atoms with van der Waals surface area (Å²) in [5.74, 6) is 1.80. The number of furan rings is 1. The summed E-state index contributed by atoms with van der Waals surface area (Å²) in [7, 11) is 0. The molecule has 0 amide bonds. The average molecular weight is 615 g/mol. The van der Waals surface area contributed by atoms with Crippen molar-refractivity contribution in [2.75, 3.05) is 0 Å². The number of para-hydroxylation sites is 2. The van der Waals surface area contributed by atoms with E-state index < -0.39 is 0 Å². The van der Waals surface area contributed by atoms with Crippen molar-refractivity contribution >= 4 is 54.5 Å². The van der Waals surface area contributed by atoms with Crippen LogP contribution in [0.25, 0.3) is 94.4 Å². The van der Waals surface area contributed by atoms with Crippen molar-refractivity contribution in [3.63, 3.8) is 0 Å². The van der Waals surface area contributed by atoms with Crippen LogP contribution in [0.2, 0.25) is 0 Å². The lowest BCUT2D eigenvalue weighted by Crippen LogP contribution is -2.06. The van der Waals surface area contributed by atoms with Crippen LogP contribution in [0.3, 0.4) is 0 Å². The molecule has 224 valence electrons. The Balaban J connectivity index is 1.22. The third-order valence-corrected chi connectivity index (χ3v) is 9.26. The van der Waals surface area contributed by atoms with Gasteiger partial charge in [0.25, 0.3) is 0 Å². The minimum atomic E-state index is 0.572. The van der Waals surface area contributed by atoms with Gasteiger partial charge in [-0.2, -0.15) is 9.97 Å². The highest BCUT2D eigenvalue weighted by atomic mass is 16.3. The molecule has 5 nitrogen and oxygen atoms in total. The van der Waals surface area contributed by atoms with E-state index in [0.717, 1.165) is 60.3 Å². The molecular weight excluding hydrogens is 589 g/mol. The SMILES string of the molecule is c1ccc(-c2nc(-c3ccc4c(ccc5c6ccccc6oc45)c3)nc(-n3c4ccccc4c4c(-c5ccccc5)cccc43)n2)cc1. The van der Waals surface area contributed by atoms with Crippen molar-refractivity contribution in [2.45, 2.75) is 0 Å². The molecule has 0 fully saturated rings. The van der Waals surface area contributed by atoms with Crippen LogP contribution >= 0.6 is 0 Å². The highest BCUT2D eigenvalue weighted by Crippen LogP contribution is 2.39. The smallest absolute Gasteiger partial charge is 0.238 e. The van der Waals surface area contributed by atoms with E-state index in [0.29, 0.717) is 17.6 Å². The molecule has 0 bridgehead atoms. The average Bonchev–Trinajstić information content (AvgIpc) is 3.71. The van der Waals surface area contributed by atoms with Gasteiger partial charge in [0.1, 0.15) is 11.2 Å². The molecule has 0 saturated heterocycles. The second kappa shape index (κ2) is 10.5. The zero-order chi connectivity index (χ0) is 31.6. The number of nitrogens with zero attached hydrogens (tertiary/aromatic N) is 4. The monoisotopic (exact) mass is 614 g/mol. The zero-order valence-corrected chi connectivity index (χ0v) is 25.7. The largest absolute Gasteiger partial charge is 0.455 e. The third-order valence-electron chi connectivity index (χ3n) is 9.26. The van der Waals surface area contributed by atoms with Crippen LogP contribution in [-0.2, 0) is 0 Å². The lowest BCUT2D eigenvalue weighted by Gasteiger charge is -2.11. The van der Waals surface area contributed by atoms with Gasteiger partial charge in [-0.3, -0.25) is 4.57 Å². The van der Waals surface area contributed by atoms with Crippen LogP contribution in [0, 0.1) is 0 Å². The predicted molar refractivity (Wildman–Crippen MR) is 195 cm³/mol. The van der Waals surface area contributed by atoms with Crippen LogP contribution < -0.4 is 0 Å². The summed E-state index contributed by atoms with van der Waals surface area (Å²) >= 11 is 0. The predicted octanol–water partition coefficient (Wildman–Crippen LogP) is 11.0. The van der Waals surface area contributed by atoms with Crippen molar-refractivity contribution in [3.8, 4) is 39.9 Å². The van der Waals surface area contributed by atoms with Gasteiger partial charge in [-0.25, -0.2) is 4.98 Å². The fraction of sp³-hybridized carbons (Fsp3) is 0. The van der Waals surface area contributed by atoms with E-state index in [-0.39, 0.29) is 0 Å². The Labute approximate surface area is 275 Å². The maximum absolute atomic E-state index is 6.34. The molecule has 0 aliphatic rings. The van der Waals surface area contributed by atoms with Crippen LogP contribution in [0.4, 0.5) is 0 Å². The summed E-state index contributed by atoms with van der Waals surface area (Å²) in [6.45, 7) is 0. The highest BCUT2D eigenvalue weighted by Gasteiger charge is 2.20. The van der Waals surface area contributed by atoms with E-state index in [4.69, 9.17) is 19.4 Å². The normalized spacial score (nSPS) is 11.8. The molecular formula is C43H26N4O. The topological polar surface area (TPSA) is 56.7 Å². The molecule has 0 radical (unpaired) electrons. The van der Waals surface area contributed by atoms with Gasteiger partial charge >= 0.3 is 0 Å². The van der Waals surface area contributed by atoms with Gasteiger partial charge in [0, 0.05) is 38.1 Å². The lowest BCUT2D eigenvalue weighted by molar-refractivity contribution is 0.672. The van der Waals surface area contributed by atoms with Crippen LogP contribution in [-0.4, -0.2) is 19.5 Å². The van der Waals surface area contributed by atoms with Crippen LogP contribution in [0.5, 0.6) is 0 Å². The molecule has 3 aromatic heterocycles. The van der Waals surface area contributed by atoms with Gasteiger partial charge in [0.05, 0.1) is 11.0 Å². The molecule has 5 heteroatoms. The third kappa shape index (κ3) is 4.08. The zero-order valence-electron chi connectivity index (χ0n) is 25.7. The van der Waals surface area contributed by atoms with E-state index in [1.54, 1.807) is 0 Å². The number of hydrogen-bond acceptors (Lipinski definition) is 4. The summed E-state index contributed by atoms with van der Waals surface area (Å²) in [6, 6.07) is 54.4. The molecule has 3 heterocycles. The molecule has 48 heavy (non-hydrogen) atoms. The lowest BCUT2D eigenvalue weighted by atomic mass is 9.99. The number of hydrogen-bond donors (Lipinski definition) is 0. The van der Waals surface area contributed by atoms with Crippen molar-refractivity contribution in [1.29, 1.82) is 0 Å². The molecule has 0 atom stereocenters. The Bertz CT molecular complexity index is 2830. The molecule has 0 unspecified atom stereocenters. The summed E-state index contributed by atoms with van der Waals surface area (Å²) in [5, 5.41) is 6.67.